The van der Waals surface area contributed by atoms with E-state index in [-0.39, 0.29) is 18.3 Å². The molecule has 0 atom stereocenters. The van der Waals surface area contributed by atoms with Gasteiger partial charge in [0.2, 0.25) is 0 Å². The van der Waals surface area contributed by atoms with Crippen molar-refractivity contribution in [2.75, 3.05) is 32.1 Å². The van der Waals surface area contributed by atoms with Crippen LogP contribution in [0, 0.1) is 11.7 Å². The third kappa shape index (κ3) is 5.46. The molecule has 0 radical (unpaired) electrons. The Labute approximate surface area is 145 Å². The van der Waals surface area contributed by atoms with Crippen molar-refractivity contribution in [1.82, 2.24) is 5.32 Å². The molecular weight excluding hydrogens is 363 g/mol. The number of carbonyl (C=O) groups is 1. The van der Waals surface area contributed by atoms with Crippen LogP contribution in [0.25, 0.3) is 0 Å². The van der Waals surface area contributed by atoms with Crippen LogP contribution in [0.5, 0.6) is 0 Å². The Morgan fingerprint density at radius 3 is 2.70 bits per heavy atom. The van der Waals surface area contributed by atoms with Crippen molar-refractivity contribution in [3.63, 3.8) is 0 Å². The van der Waals surface area contributed by atoms with Gasteiger partial charge in [0, 0.05) is 25.3 Å². The van der Waals surface area contributed by atoms with Crippen LogP contribution in [0.15, 0.2) is 22.7 Å². The Hall–Kier alpha value is -1.14. The minimum Gasteiger partial charge on any atom is -0.468 e. The van der Waals surface area contributed by atoms with Gasteiger partial charge < -0.3 is 15.0 Å². The van der Waals surface area contributed by atoms with Gasteiger partial charge in [0.15, 0.2) is 0 Å². The molecule has 0 spiro atoms. The Bertz CT molecular complexity index is 533. The minimum atomic E-state index is -0.231. The molecule has 6 heteroatoms. The highest BCUT2D eigenvalue weighted by Crippen LogP contribution is 2.27. The highest BCUT2D eigenvalue weighted by atomic mass is 79.9. The highest BCUT2D eigenvalue weighted by Gasteiger charge is 2.22. The third-order valence-corrected chi connectivity index (χ3v) is 5.13. The first kappa shape index (κ1) is 18.2. The summed E-state index contributed by atoms with van der Waals surface area (Å²) in [6.45, 7) is 1.20. The maximum atomic E-state index is 13.6. The van der Waals surface area contributed by atoms with E-state index in [0.29, 0.717) is 16.4 Å². The molecule has 1 saturated carbocycles. The summed E-state index contributed by atoms with van der Waals surface area (Å²) < 4.78 is 18.8. The first-order valence-corrected chi connectivity index (χ1v) is 8.75. The Morgan fingerprint density at radius 1 is 1.39 bits per heavy atom. The average molecular weight is 387 g/mol. The van der Waals surface area contributed by atoms with E-state index in [1.165, 1.54) is 7.11 Å². The molecule has 1 aromatic rings. The topological polar surface area (TPSA) is 41.6 Å². The lowest BCUT2D eigenvalue weighted by atomic mass is 9.85. The Kier molecular flexibility index (Phi) is 6.84. The van der Waals surface area contributed by atoms with E-state index in [2.05, 4.69) is 30.9 Å². The fraction of sp³-hybridized carbons (Fsp3) is 0.588. The molecule has 2 rings (SSSR count). The maximum Gasteiger partial charge on any atom is 0.319 e. The molecule has 0 bridgehead atoms. The van der Waals surface area contributed by atoms with Gasteiger partial charge in [0.25, 0.3) is 0 Å². The number of hydrogen-bond donors (Lipinski definition) is 1. The van der Waals surface area contributed by atoms with Gasteiger partial charge in [-0.1, -0.05) is 0 Å². The van der Waals surface area contributed by atoms with Crippen molar-refractivity contribution in [3.05, 3.63) is 28.5 Å². The lowest BCUT2D eigenvalue weighted by Crippen LogP contribution is -2.38. The number of ether oxygens (including phenoxy) is 1. The predicted molar refractivity (Wildman–Crippen MR) is 93.1 cm³/mol. The number of nitrogens with one attached hydrogen (secondary N) is 1. The van der Waals surface area contributed by atoms with Crippen molar-refractivity contribution in [3.8, 4) is 0 Å². The maximum absolute atomic E-state index is 13.6. The van der Waals surface area contributed by atoms with Crippen molar-refractivity contribution in [1.29, 1.82) is 0 Å². The largest absolute Gasteiger partial charge is 0.468 e. The molecule has 23 heavy (non-hydrogen) atoms. The van der Waals surface area contributed by atoms with E-state index in [0.717, 1.165) is 37.9 Å². The number of halogens is 2. The minimum absolute atomic E-state index is 0.218. The second kappa shape index (κ2) is 8.64. The van der Waals surface area contributed by atoms with Crippen molar-refractivity contribution >= 4 is 27.6 Å². The molecule has 128 valence electrons. The van der Waals surface area contributed by atoms with E-state index in [4.69, 9.17) is 0 Å². The summed E-state index contributed by atoms with van der Waals surface area (Å²) in [5.41, 5.74) is 0.900. The van der Waals surface area contributed by atoms with Crippen molar-refractivity contribution in [2.45, 2.75) is 31.7 Å². The number of esters is 1. The number of nitrogens with zero attached hydrogens (tertiary/aromatic N) is 1. The van der Waals surface area contributed by atoms with Crippen LogP contribution in [0.4, 0.5) is 10.1 Å². The predicted octanol–water partition coefficient (Wildman–Crippen LogP) is 3.35. The van der Waals surface area contributed by atoms with Gasteiger partial charge in [-0.05, 0) is 65.7 Å². The average Bonchev–Trinajstić information content (AvgIpc) is 2.56. The summed E-state index contributed by atoms with van der Waals surface area (Å²) in [4.78, 5) is 13.3. The van der Waals surface area contributed by atoms with Gasteiger partial charge in [-0.2, -0.15) is 0 Å². The standard InChI is InChI=1S/C17H24BrFN2O2/c1-21(14-7-8-15(18)16(19)9-14)11-12-3-5-13(6-4-12)20-10-17(22)23-2/h7-9,12-13,20H,3-6,10-11H2,1-2H3. The van der Waals surface area contributed by atoms with Crippen LogP contribution in [0.1, 0.15) is 25.7 Å². The van der Waals surface area contributed by atoms with Crippen LogP contribution in [-0.4, -0.2) is 39.3 Å². The normalized spacial score (nSPS) is 21.0. The smallest absolute Gasteiger partial charge is 0.319 e. The first-order chi connectivity index (χ1) is 11.0. The molecule has 1 aliphatic carbocycles. The third-order valence-electron chi connectivity index (χ3n) is 4.49. The number of benzene rings is 1. The molecule has 0 aliphatic heterocycles. The van der Waals surface area contributed by atoms with Crippen LogP contribution in [0.2, 0.25) is 0 Å². The Morgan fingerprint density at radius 2 is 2.09 bits per heavy atom. The zero-order chi connectivity index (χ0) is 16.8. The van der Waals surface area contributed by atoms with Gasteiger partial charge in [-0.15, -0.1) is 0 Å². The highest BCUT2D eigenvalue weighted by molar-refractivity contribution is 9.10. The van der Waals surface area contributed by atoms with Crippen LogP contribution < -0.4 is 10.2 Å². The molecule has 0 aromatic heterocycles. The van der Waals surface area contributed by atoms with E-state index < -0.39 is 0 Å². The van der Waals surface area contributed by atoms with Crippen LogP contribution >= 0.6 is 15.9 Å². The van der Waals surface area contributed by atoms with E-state index in [1.54, 1.807) is 12.1 Å². The molecule has 1 aromatic carbocycles. The van der Waals surface area contributed by atoms with E-state index in [9.17, 15) is 9.18 Å². The van der Waals surface area contributed by atoms with E-state index >= 15 is 0 Å². The molecule has 0 heterocycles. The zero-order valence-electron chi connectivity index (χ0n) is 13.6. The molecule has 0 amide bonds. The molecule has 4 nitrogen and oxygen atoms in total. The monoisotopic (exact) mass is 386 g/mol. The number of methoxy groups -OCH3 is 1. The van der Waals surface area contributed by atoms with E-state index in [1.807, 2.05) is 13.1 Å². The summed E-state index contributed by atoms with van der Waals surface area (Å²) in [5, 5.41) is 3.25. The number of anilines is 1. The summed E-state index contributed by atoms with van der Waals surface area (Å²) in [5.74, 6) is 0.150. The van der Waals surface area contributed by atoms with Gasteiger partial charge in [0.05, 0.1) is 18.1 Å². The van der Waals surface area contributed by atoms with Crippen molar-refractivity contribution < 1.29 is 13.9 Å². The number of hydrogen-bond acceptors (Lipinski definition) is 4. The van der Waals surface area contributed by atoms with Gasteiger partial charge in [-0.25, -0.2) is 4.39 Å². The summed E-state index contributed by atoms with van der Waals surface area (Å²) in [6.07, 6.45) is 4.35. The molecule has 1 fully saturated rings. The number of rotatable bonds is 6. The molecule has 1 N–H and O–H groups in total. The van der Waals surface area contributed by atoms with Crippen molar-refractivity contribution in [2.24, 2.45) is 5.92 Å². The molecular formula is C17H24BrFN2O2. The quantitative estimate of drug-likeness (QED) is 0.761. The molecule has 0 saturated heterocycles. The SMILES string of the molecule is COC(=O)CNC1CCC(CN(C)c2ccc(Br)c(F)c2)CC1. The number of carbonyl (C=O) groups excluding carboxylic acids is 1. The summed E-state index contributed by atoms with van der Waals surface area (Å²) >= 11 is 3.18. The lowest BCUT2D eigenvalue weighted by Gasteiger charge is -2.32. The lowest BCUT2D eigenvalue weighted by molar-refractivity contribution is -0.139. The fourth-order valence-electron chi connectivity index (χ4n) is 3.06. The van der Waals surface area contributed by atoms with Gasteiger partial charge >= 0.3 is 5.97 Å². The first-order valence-electron chi connectivity index (χ1n) is 7.96. The molecule has 0 unspecified atom stereocenters. The second-order valence-corrected chi connectivity index (χ2v) is 7.01. The second-order valence-electron chi connectivity index (χ2n) is 6.15. The van der Waals surface area contributed by atoms with Crippen LogP contribution in [0.3, 0.4) is 0 Å². The molecule has 1 aliphatic rings. The van der Waals surface area contributed by atoms with Gasteiger partial charge in [0.1, 0.15) is 5.82 Å². The fourth-order valence-corrected chi connectivity index (χ4v) is 3.31. The summed E-state index contributed by atoms with van der Waals surface area (Å²) in [6, 6.07) is 5.62. The Balaban J connectivity index is 1.77. The zero-order valence-corrected chi connectivity index (χ0v) is 15.2. The summed E-state index contributed by atoms with van der Waals surface area (Å²) in [7, 11) is 3.41. The van der Waals surface area contributed by atoms with Gasteiger partial charge in [-0.3, -0.25) is 4.79 Å². The van der Waals surface area contributed by atoms with Crippen LogP contribution in [-0.2, 0) is 9.53 Å².